The van der Waals surface area contributed by atoms with E-state index in [1.165, 1.54) is 0 Å². The standard InChI is InChI=1S/Cr.2O.Tl/q+3;2*-2;+1. The summed E-state index contributed by atoms with van der Waals surface area (Å²) in [7, 11) is 0. The molecule has 0 aliphatic rings. The molecule has 0 N–H and O–H groups in total. The van der Waals surface area contributed by atoms with Crippen LogP contribution in [0.2, 0.25) is 0 Å². The Bertz CT molecular complexity index is 6.00. The SMILES string of the molecule is [Cr+3].[O-2].[O-2].[Tl+]. The number of hydrogen-bond donors (Lipinski definition) is 0. The Morgan fingerprint density at radius 2 is 0.750 bits per heavy atom. The van der Waals surface area contributed by atoms with Gasteiger partial charge in [-0.15, -0.1) is 0 Å². The molecule has 0 fully saturated rings. The molecule has 2 nitrogen and oxygen atoms in total. The van der Waals surface area contributed by atoms with E-state index in [1.54, 1.807) is 0 Å². The predicted octanol–water partition coefficient (Wildman–Crippen LogP) is -0.621. The van der Waals surface area contributed by atoms with Crippen molar-refractivity contribution < 1.29 is 28.3 Å². The largest absolute Gasteiger partial charge is 3.00 e. The van der Waals surface area contributed by atoms with Crippen LogP contribution in [0.25, 0.3) is 0 Å². The van der Waals surface area contributed by atoms with Crippen LogP contribution >= 0.6 is 0 Å². The zero-order valence-corrected chi connectivity index (χ0v) is 7.57. The smallest absolute Gasteiger partial charge is 2.00 e. The first-order chi connectivity index (χ1) is 0. The topological polar surface area (TPSA) is 57.0 Å². The monoisotopic (exact) mass is 289 g/mol. The second-order valence-corrected chi connectivity index (χ2v) is 0. The molecule has 21 valence electrons. The molecule has 0 heterocycles. The van der Waals surface area contributed by atoms with Crippen LogP contribution in [0.1, 0.15) is 0 Å². The fourth-order valence-corrected chi connectivity index (χ4v) is 0. The summed E-state index contributed by atoms with van der Waals surface area (Å²) in [6.45, 7) is 0. The Morgan fingerprint density at radius 1 is 0.750 bits per heavy atom. The van der Waals surface area contributed by atoms with E-state index in [0.29, 0.717) is 0 Å². The molecule has 0 amide bonds. The van der Waals surface area contributed by atoms with Crippen molar-refractivity contribution in [2.24, 2.45) is 0 Å². The minimum atomic E-state index is 0. The average Bonchev–Trinajstić information content (AvgIpc) is 0. The van der Waals surface area contributed by atoms with Gasteiger partial charge in [-0.2, -0.15) is 0 Å². The summed E-state index contributed by atoms with van der Waals surface area (Å²) in [5.41, 5.74) is 0. The summed E-state index contributed by atoms with van der Waals surface area (Å²) in [5.74, 6) is 0. The van der Waals surface area contributed by atoms with Crippen LogP contribution in [-0.4, -0.2) is 27.3 Å². The quantitative estimate of drug-likeness (QED) is 0.534. The third-order valence-corrected chi connectivity index (χ3v) is 0. The summed E-state index contributed by atoms with van der Waals surface area (Å²) < 4.78 is 0. The molecule has 0 bridgehead atoms. The van der Waals surface area contributed by atoms with Gasteiger partial charge in [-0.25, -0.2) is 0 Å². The summed E-state index contributed by atoms with van der Waals surface area (Å²) in [5, 5.41) is 0. The Kier molecular flexibility index (Phi) is 359. The van der Waals surface area contributed by atoms with E-state index in [0.717, 1.165) is 0 Å². The first-order valence-electron chi connectivity index (χ1n) is 0. The van der Waals surface area contributed by atoms with Crippen molar-refractivity contribution >= 4 is 27.3 Å². The van der Waals surface area contributed by atoms with Gasteiger partial charge in [-0.3, -0.25) is 0 Å². The van der Waals surface area contributed by atoms with Crippen molar-refractivity contribution in [2.75, 3.05) is 0 Å². The van der Waals surface area contributed by atoms with Gasteiger partial charge < -0.3 is 11.0 Å². The maximum absolute atomic E-state index is 0. The van der Waals surface area contributed by atoms with Gasteiger partial charge in [0.2, 0.25) is 0 Å². The van der Waals surface area contributed by atoms with Crippen molar-refractivity contribution in [2.45, 2.75) is 0 Å². The van der Waals surface area contributed by atoms with Crippen LogP contribution in [0.4, 0.5) is 0 Å². The third-order valence-electron chi connectivity index (χ3n) is 0. The minimum Gasteiger partial charge on any atom is -2.00 e. The molecule has 0 aliphatic carbocycles. The molecule has 0 saturated heterocycles. The molecule has 0 atom stereocenters. The van der Waals surface area contributed by atoms with E-state index < -0.39 is 0 Å². The molecular formula is CrO2Tl. The van der Waals surface area contributed by atoms with Gasteiger partial charge in [0.25, 0.3) is 0 Å². The molecule has 1 radical (unpaired) electrons. The van der Waals surface area contributed by atoms with Crippen molar-refractivity contribution in [1.82, 2.24) is 0 Å². The Morgan fingerprint density at radius 3 is 0.750 bits per heavy atom. The Balaban J connectivity index is 0. The van der Waals surface area contributed by atoms with Crippen molar-refractivity contribution in [3.63, 3.8) is 0 Å². The third kappa shape index (κ3) is 10.1. The molecule has 0 unspecified atom stereocenters. The first kappa shape index (κ1) is 54.4. The molecule has 0 saturated carbocycles. The van der Waals surface area contributed by atoms with E-state index >= 15 is 0 Å². The Labute approximate surface area is 55.5 Å². The fraction of sp³-hybridized carbons (Fsp3) is 0. The van der Waals surface area contributed by atoms with E-state index in [2.05, 4.69) is 0 Å². The van der Waals surface area contributed by atoms with Gasteiger partial charge >= 0.3 is 44.7 Å². The normalized spacial score (nSPS) is 0. The van der Waals surface area contributed by atoms with Crippen LogP contribution in [-0.2, 0) is 28.3 Å². The zero-order valence-electron chi connectivity index (χ0n) is 1.80. The molecule has 0 aromatic heterocycles. The zero-order chi connectivity index (χ0) is 0. The van der Waals surface area contributed by atoms with Crippen LogP contribution < -0.4 is 0 Å². The van der Waals surface area contributed by atoms with E-state index in [1.807, 2.05) is 0 Å². The van der Waals surface area contributed by atoms with Gasteiger partial charge in [0.1, 0.15) is 0 Å². The van der Waals surface area contributed by atoms with Gasteiger partial charge in [0.05, 0.1) is 0 Å². The van der Waals surface area contributed by atoms with Gasteiger partial charge in [-0.1, -0.05) is 0 Å². The van der Waals surface area contributed by atoms with Gasteiger partial charge in [0, 0.05) is 0 Å². The second-order valence-electron chi connectivity index (χ2n) is 0. The van der Waals surface area contributed by atoms with Crippen LogP contribution in [0.3, 0.4) is 0 Å². The van der Waals surface area contributed by atoms with Crippen molar-refractivity contribution in [1.29, 1.82) is 0 Å². The summed E-state index contributed by atoms with van der Waals surface area (Å²) in [6, 6.07) is 0. The fourth-order valence-electron chi connectivity index (χ4n) is 0. The van der Waals surface area contributed by atoms with E-state index in [4.69, 9.17) is 0 Å². The maximum Gasteiger partial charge on any atom is 3.00 e. The van der Waals surface area contributed by atoms with Crippen LogP contribution in [0.5, 0.6) is 0 Å². The molecule has 0 aromatic carbocycles. The molecule has 4 heteroatoms. The predicted molar refractivity (Wildman–Crippen MR) is 7.13 cm³/mol. The van der Waals surface area contributed by atoms with E-state index in [-0.39, 0.29) is 55.6 Å². The first-order valence-corrected chi connectivity index (χ1v) is 0. The Hall–Kier alpha value is 1.37. The van der Waals surface area contributed by atoms with Crippen molar-refractivity contribution in [3.05, 3.63) is 0 Å². The number of hydrogen-bond acceptors (Lipinski definition) is 0. The summed E-state index contributed by atoms with van der Waals surface area (Å²) in [4.78, 5) is 0. The van der Waals surface area contributed by atoms with Gasteiger partial charge in [-0.05, 0) is 0 Å². The molecule has 0 rings (SSSR count). The average molecular weight is 288 g/mol. The summed E-state index contributed by atoms with van der Waals surface area (Å²) in [6.07, 6.45) is 0. The minimum absolute atomic E-state index is 0. The van der Waals surface area contributed by atoms with E-state index in [9.17, 15) is 0 Å². The molecule has 4 heavy (non-hydrogen) atoms. The van der Waals surface area contributed by atoms with Crippen LogP contribution in [0, 0.1) is 0 Å². The van der Waals surface area contributed by atoms with Crippen molar-refractivity contribution in [3.8, 4) is 0 Å². The molecular weight excluding hydrogens is 288 g/mol. The van der Waals surface area contributed by atoms with Gasteiger partial charge in [0.15, 0.2) is 0 Å². The van der Waals surface area contributed by atoms with Crippen LogP contribution in [0.15, 0.2) is 0 Å². The maximum atomic E-state index is 0. The second kappa shape index (κ2) is 26.4. The summed E-state index contributed by atoms with van der Waals surface area (Å²) >= 11 is 0. The molecule has 0 aliphatic heterocycles. The molecule has 0 spiro atoms. The molecule has 0 aromatic rings. The number of rotatable bonds is 0.